The van der Waals surface area contributed by atoms with Gasteiger partial charge in [-0.05, 0) is 37.5 Å². The Bertz CT molecular complexity index is 392. The molecular weight excluding hydrogens is 196 g/mol. The average Bonchev–Trinajstić information content (AvgIpc) is 2.18. The fourth-order valence-electron chi connectivity index (χ4n) is 1.55. The van der Waals surface area contributed by atoms with Gasteiger partial charge in [0, 0.05) is 5.56 Å². The van der Waals surface area contributed by atoms with E-state index in [2.05, 4.69) is 0 Å². The van der Waals surface area contributed by atoms with Gasteiger partial charge in [0.05, 0.1) is 6.42 Å². The Labute approximate surface area is 87.8 Å². The van der Waals surface area contributed by atoms with Gasteiger partial charge in [0.25, 0.3) is 0 Å². The van der Waals surface area contributed by atoms with Crippen LogP contribution in [0.1, 0.15) is 22.3 Å². The van der Waals surface area contributed by atoms with Crippen LogP contribution in [0.15, 0.2) is 0 Å². The maximum atomic E-state index is 10.6. The van der Waals surface area contributed by atoms with E-state index in [1.807, 2.05) is 0 Å². The molecule has 0 spiro atoms. The van der Waals surface area contributed by atoms with E-state index in [1.165, 1.54) is 0 Å². The minimum atomic E-state index is -1.03. The van der Waals surface area contributed by atoms with Crippen molar-refractivity contribution in [1.82, 2.24) is 0 Å². The van der Waals surface area contributed by atoms with Gasteiger partial charge in [-0.15, -0.1) is 0 Å². The molecule has 0 saturated heterocycles. The number of aliphatic carboxylic acids is 1. The van der Waals surface area contributed by atoms with Crippen molar-refractivity contribution in [2.75, 3.05) is 0 Å². The van der Waals surface area contributed by atoms with E-state index in [1.54, 1.807) is 20.8 Å². The van der Waals surface area contributed by atoms with Gasteiger partial charge in [-0.3, -0.25) is 4.79 Å². The van der Waals surface area contributed by atoms with E-state index in [9.17, 15) is 15.0 Å². The highest BCUT2D eigenvalue weighted by Crippen LogP contribution is 2.36. The van der Waals surface area contributed by atoms with Crippen LogP contribution in [-0.4, -0.2) is 21.3 Å². The van der Waals surface area contributed by atoms with Crippen molar-refractivity contribution >= 4 is 5.97 Å². The van der Waals surface area contributed by atoms with Gasteiger partial charge in [0.1, 0.15) is 11.5 Å². The lowest BCUT2D eigenvalue weighted by molar-refractivity contribution is -0.136. The zero-order valence-corrected chi connectivity index (χ0v) is 8.96. The van der Waals surface area contributed by atoms with Gasteiger partial charge in [-0.2, -0.15) is 0 Å². The predicted octanol–water partition coefficient (Wildman–Crippen LogP) is 1.65. The first kappa shape index (κ1) is 11.4. The van der Waals surface area contributed by atoms with Gasteiger partial charge in [0.2, 0.25) is 0 Å². The Morgan fingerprint density at radius 2 is 1.47 bits per heavy atom. The Hall–Kier alpha value is -1.71. The third kappa shape index (κ3) is 1.88. The van der Waals surface area contributed by atoms with Gasteiger partial charge < -0.3 is 15.3 Å². The molecule has 1 aromatic carbocycles. The lowest BCUT2D eigenvalue weighted by Gasteiger charge is -2.14. The molecule has 4 nitrogen and oxygen atoms in total. The molecule has 4 heteroatoms. The maximum absolute atomic E-state index is 10.6. The fourth-order valence-corrected chi connectivity index (χ4v) is 1.55. The normalized spacial score (nSPS) is 10.3. The zero-order chi connectivity index (χ0) is 11.7. The van der Waals surface area contributed by atoms with Crippen LogP contribution in [0.3, 0.4) is 0 Å². The number of rotatable bonds is 2. The van der Waals surface area contributed by atoms with Crippen molar-refractivity contribution in [2.24, 2.45) is 0 Å². The fraction of sp³-hybridized carbons (Fsp3) is 0.364. The number of hydrogen-bond donors (Lipinski definition) is 3. The average molecular weight is 210 g/mol. The molecule has 0 heterocycles. The molecule has 0 aliphatic rings. The van der Waals surface area contributed by atoms with Gasteiger partial charge in [0.15, 0.2) is 0 Å². The first-order valence-corrected chi connectivity index (χ1v) is 4.58. The van der Waals surface area contributed by atoms with Crippen molar-refractivity contribution in [3.05, 3.63) is 22.3 Å². The molecule has 0 fully saturated rings. The number of benzene rings is 1. The van der Waals surface area contributed by atoms with Crippen LogP contribution in [0.25, 0.3) is 0 Å². The quantitative estimate of drug-likeness (QED) is 0.648. The molecule has 0 aromatic heterocycles. The van der Waals surface area contributed by atoms with Crippen LogP contribution in [0.4, 0.5) is 0 Å². The summed E-state index contributed by atoms with van der Waals surface area (Å²) in [6.07, 6.45) is -0.285. The van der Waals surface area contributed by atoms with Crippen LogP contribution in [0.5, 0.6) is 11.5 Å². The van der Waals surface area contributed by atoms with Crippen molar-refractivity contribution in [3.63, 3.8) is 0 Å². The lowest BCUT2D eigenvalue weighted by atomic mass is 9.96. The summed E-state index contributed by atoms with van der Waals surface area (Å²) in [7, 11) is 0. The second-order valence-electron chi connectivity index (χ2n) is 3.62. The van der Waals surface area contributed by atoms with Gasteiger partial charge in [-0.1, -0.05) is 0 Å². The minimum Gasteiger partial charge on any atom is -0.507 e. The molecule has 1 rings (SSSR count). The Morgan fingerprint density at radius 3 is 1.93 bits per heavy atom. The Kier molecular flexibility index (Phi) is 2.88. The molecule has 0 bridgehead atoms. The SMILES string of the molecule is Cc1c(C)c(O)c(CC(=O)O)c(C)c1O. The van der Waals surface area contributed by atoms with Crippen molar-refractivity contribution < 1.29 is 20.1 Å². The van der Waals surface area contributed by atoms with Crippen molar-refractivity contribution in [3.8, 4) is 11.5 Å². The van der Waals surface area contributed by atoms with Crippen LogP contribution < -0.4 is 0 Å². The number of carboxylic acids is 1. The van der Waals surface area contributed by atoms with E-state index in [4.69, 9.17) is 5.11 Å². The van der Waals surface area contributed by atoms with Crippen LogP contribution >= 0.6 is 0 Å². The van der Waals surface area contributed by atoms with Gasteiger partial charge >= 0.3 is 5.97 Å². The number of hydrogen-bond acceptors (Lipinski definition) is 3. The molecule has 0 atom stereocenters. The second kappa shape index (κ2) is 3.81. The summed E-state index contributed by atoms with van der Waals surface area (Å²) >= 11 is 0. The molecule has 3 N–H and O–H groups in total. The summed E-state index contributed by atoms with van der Waals surface area (Å²) in [4.78, 5) is 10.6. The third-order valence-electron chi connectivity index (χ3n) is 2.69. The lowest BCUT2D eigenvalue weighted by Crippen LogP contribution is -2.04. The summed E-state index contributed by atoms with van der Waals surface area (Å²) in [5.41, 5.74) is 1.81. The van der Waals surface area contributed by atoms with Crippen LogP contribution in [0, 0.1) is 20.8 Å². The van der Waals surface area contributed by atoms with E-state index in [0.29, 0.717) is 16.7 Å². The second-order valence-corrected chi connectivity index (χ2v) is 3.62. The van der Waals surface area contributed by atoms with E-state index in [0.717, 1.165) is 0 Å². The van der Waals surface area contributed by atoms with Crippen molar-refractivity contribution in [1.29, 1.82) is 0 Å². The molecule has 0 saturated carbocycles. The number of aromatic hydroxyl groups is 2. The monoisotopic (exact) mass is 210 g/mol. The zero-order valence-electron chi connectivity index (χ0n) is 8.96. The largest absolute Gasteiger partial charge is 0.507 e. The summed E-state index contributed by atoms with van der Waals surface area (Å²) in [6.45, 7) is 4.93. The highest BCUT2D eigenvalue weighted by Gasteiger charge is 2.17. The summed E-state index contributed by atoms with van der Waals surface area (Å²) in [5.74, 6) is -1.01. The third-order valence-corrected chi connectivity index (χ3v) is 2.69. The molecule has 1 aromatic rings. The summed E-state index contributed by atoms with van der Waals surface area (Å²) in [6, 6.07) is 0. The number of phenols is 2. The minimum absolute atomic E-state index is 0.0369. The standard InChI is InChI=1S/C11H14O4/c1-5-6(2)11(15)8(4-9(12)13)7(3)10(5)14/h14-15H,4H2,1-3H3,(H,12,13). The molecule has 0 aliphatic carbocycles. The van der Waals surface area contributed by atoms with Crippen LogP contribution in [0.2, 0.25) is 0 Å². The van der Waals surface area contributed by atoms with E-state index in [-0.39, 0.29) is 23.5 Å². The van der Waals surface area contributed by atoms with Crippen molar-refractivity contribution in [2.45, 2.75) is 27.2 Å². The number of carbonyl (C=O) groups is 1. The Morgan fingerprint density at radius 1 is 1.00 bits per heavy atom. The van der Waals surface area contributed by atoms with Gasteiger partial charge in [-0.25, -0.2) is 0 Å². The van der Waals surface area contributed by atoms with E-state index < -0.39 is 5.97 Å². The number of carboxylic acid groups (broad SMARTS) is 1. The summed E-state index contributed by atoms with van der Waals surface area (Å²) < 4.78 is 0. The molecule has 15 heavy (non-hydrogen) atoms. The van der Waals surface area contributed by atoms with E-state index >= 15 is 0 Å². The predicted molar refractivity (Wildman–Crippen MR) is 55.3 cm³/mol. The first-order chi connectivity index (χ1) is 6.86. The number of phenolic OH excluding ortho intramolecular Hbond substituents is 2. The molecular formula is C11H14O4. The maximum Gasteiger partial charge on any atom is 0.307 e. The topological polar surface area (TPSA) is 77.8 Å². The molecule has 0 unspecified atom stereocenters. The highest BCUT2D eigenvalue weighted by molar-refractivity contribution is 5.73. The Balaban J connectivity index is 3.45. The molecule has 0 amide bonds. The highest BCUT2D eigenvalue weighted by atomic mass is 16.4. The smallest absolute Gasteiger partial charge is 0.307 e. The summed E-state index contributed by atoms with van der Waals surface area (Å²) in [5, 5.41) is 28.1. The first-order valence-electron chi connectivity index (χ1n) is 4.58. The molecule has 0 aliphatic heterocycles. The molecule has 0 radical (unpaired) electrons. The molecule has 82 valence electrons. The van der Waals surface area contributed by atoms with Crippen LogP contribution in [-0.2, 0) is 11.2 Å².